The Morgan fingerprint density at radius 1 is 1.19 bits per heavy atom. The van der Waals surface area contributed by atoms with E-state index in [0.29, 0.717) is 24.5 Å². The molecule has 5 heteroatoms. The minimum Gasteiger partial charge on any atom is -0.343 e. The predicted molar refractivity (Wildman–Crippen MR) is 83.0 cm³/mol. The molecule has 1 aliphatic heterocycles. The second-order valence-corrected chi connectivity index (χ2v) is 5.84. The van der Waals surface area contributed by atoms with Gasteiger partial charge < -0.3 is 9.80 Å². The fourth-order valence-electron chi connectivity index (χ4n) is 2.51. The number of amides is 2. The van der Waals surface area contributed by atoms with Crippen LogP contribution in [0.4, 0.5) is 0 Å². The van der Waals surface area contributed by atoms with Crippen LogP contribution in [-0.4, -0.2) is 41.2 Å². The van der Waals surface area contributed by atoms with Crippen LogP contribution in [-0.2, 0) is 16.1 Å². The number of hydrogen-bond donors (Lipinski definition) is 0. The lowest BCUT2D eigenvalue weighted by Crippen LogP contribution is -2.34. The molecule has 1 aromatic carbocycles. The summed E-state index contributed by atoms with van der Waals surface area (Å²) in [5.41, 5.74) is 1.02. The van der Waals surface area contributed by atoms with E-state index in [4.69, 9.17) is 11.6 Å². The highest BCUT2D eigenvalue weighted by molar-refractivity contribution is 6.30. The van der Waals surface area contributed by atoms with Crippen LogP contribution in [0.3, 0.4) is 0 Å². The average molecular weight is 309 g/mol. The summed E-state index contributed by atoms with van der Waals surface area (Å²) in [7, 11) is 0. The van der Waals surface area contributed by atoms with Gasteiger partial charge in [0.15, 0.2) is 0 Å². The summed E-state index contributed by atoms with van der Waals surface area (Å²) in [5, 5.41) is 0.678. The lowest BCUT2D eigenvalue weighted by molar-refractivity contribution is -0.133. The molecule has 1 heterocycles. The van der Waals surface area contributed by atoms with Gasteiger partial charge in [0.2, 0.25) is 11.8 Å². The number of hydrogen-bond acceptors (Lipinski definition) is 2. The molecule has 4 nitrogen and oxygen atoms in total. The Labute approximate surface area is 130 Å². The topological polar surface area (TPSA) is 40.6 Å². The fourth-order valence-corrected chi connectivity index (χ4v) is 2.64. The van der Waals surface area contributed by atoms with Gasteiger partial charge in [0.25, 0.3) is 0 Å². The molecule has 0 aromatic heterocycles. The van der Waals surface area contributed by atoms with Gasteiger partial charge in [-0.05, 0) is 30.5 Å². The molecule has 1 aliphatic rings. The Kier molecular flexibility index (Phi) is 5.62. The van der Waals surface area contributed by atoms with Gasteiger partial charge in [-0.25, -0.2) is 0 Å². The molecule has 2 amide bonds. The predicted octanol–water partition coefficient (Wildman–Crippen LogP) is 2.70. The zero-order valence-electron chi connectivity index (χ0n) is 12.3. The van der Waals surface area contributed by atoms with Crippen LogP contribution < -0.4 is 0 Å². The van der Waals surface area contributed by atoms with E-state index < -0.39 is 0 Å². The van der Waals surface area contributed by atoms with E-state index in [9.17, 15) is 9.59 Å². The molecule has 0 N–H and O–H groups in total. The summed E-state index contributed by atoms with van der Waals surface area (Å²) < 4.78 is 0. The summed E-state index contributed by atoms with van der Waals surface area (Å²) in [6.07, 6.45) is 2.58. The number of nitrogens with zero attached hydrogens (tertiary/aromatic N) is 2. The molecule has 0 bridgehead atoms. The monoisotopic (exact) mass is 308 g/mol. The summed E-state index contributed by atoms with van der Waals surface area (Å²) in [4.78, 5) is 27.4. The van der Waals surface area contributed by atoms with Crippen molar-refractivity contribution in [2.24, 2.45) is 0 Å². The van der Waals surface area contributed by atoms with E-state index in [1.807, 2.05) is 29.2 Å². The first kappa shape index (κ1) is 15.8. The minimum atomic E-state index is -0.0147. The maximum atomic E-state index is 12.0. The zero-order chi connectivity index (χ0) is 15.2. The molecule has 1 saturated heterocycles. The average Bonchev–Trinajstić information content (AvgIpc) is 2.99. The van der Waals surface area contributed by atoms with Crippen molar-refractivity contribution in [2.45, 2.75) is 32.7 Å². The largest absolute Gasteiger partial charge is 0.343 e. The third-order valence-corrected chi connectivity index (χ3v) is 4.04. The smallest absolute Gasteiger partial charge is 0.224 e. The van der Waals surface area contributed by atoms with Crippen LogP contribution in [0, 0.1) is 0 Å². The molecule has 21 heavy (non-hydrogen) atoms. The van der Waals surface area contributed by atoms with Crippen LogP contribution in [0.2, 0.25) is 5.02 Å². The number of likely N-dealkylation sites (tertiary alicyclic amines) is 1. The van der Waals surface area contributed by atoms with Crippen LogP contribution in [0.1, 0.15) is 31.7 Å². The van der Waals surface area contributed by atoms with E-state index in [0.717, 1.165) is 31.5 Å². The molecule has 0 aliphatic carbocycles. The van der Waals surface area contributed by atoms with Gasteiger partial charge in [-0.3, -0.25) is 9.59 Å². The Bertz CT molecular complexity index is 496. The van der Waals surface area contributed by atoms with Crippen LogP contribution in [0.15, 0.2) is 24.3 Å². The van der Waals surface area contributed by atoms with Crippen LogP contribution in [0.25, 0.3) is 0 Å². The highest BCUT2D eigenvalue weighted by Crippen LogP contribution is 2.13. The van der Waals surface area contributed by atoms with E-state index in [1.165, 1.54) is 6.92 Å². The summed E-state index contributed by atoms with van der Waals surface area (Å²) >= 11 is 5.86. The van der Waals surface area contributed by atoms with Crippen molar-refractivity contribution < 1.29 is 9.59 Å². The Balaban J connectivity index is 1.88. The van der Waals surface area contributed by atoms with Crippen molar-refractivity contribution in [1.82, 2.24) is 9.80 Å². The lowest BCUT2D eigenvalue weighted by Gasteiger charge is -2.23. The van der Waals surface area contributed by atoms with Crippen molar-refractivity contribution in [1.29, 1.82) is 0 Å². The van der Waals surface area contributed by atoms with Crippen LogP contribution >= 0.6 is 11.6 Å². The van der Waals surface area contributed by atoms with Gasteiger partial charge in [-0.1, -0.05) is 23.7 Å². The first-order valence-electron chi connectivity index (χ1n) is 7.34. The summed E-state index contributed by atoms with van der Waals surface area (Å²) in [5.74, 6) is 0.133. The number of benzene rings is 1. The lowest BCUT2D eigenvalue weighted by atomic mass is 10.2. The molecule has 1 aromatic rings. The van der Waals surface area contributed by atoms with Crippen molar-refractivity contribution in [3.8, 4) is 0 Å². The Morgan fingerprint density at radius 3 is 2.38 bits per heavy atom. The maximum Gasteiger partial charge on any atom is 0.224 e. The standard InChI is InChI=1S/C16H21ClN2O2/c1-13(20)19(12-14-4-6-15(17)7-5-14)11-8-16(21)18-9-2-3-10-18/h4-7H,2-3,8-12H2,1H3. The van der Waals surface area contributed by atoms with Gasteiger partial charge in [0, 0.05) is 44.5 Å². The van der Waals surface area contributed by atoms with Gasteiger partial charge in [-0.2, -0.15) is 0 Å². The molecular weight excluding hydrogens is 288 g/mol. The maximum absolute atomic E-state index is 12.0. The molecule has 1 fully saturated rings. The van der Waals surface area contributed by atoms with Crippen molar-refractivity contribution in [2.75, 3.05) is 19.6 Å². The van der Waals surface area contributed by atoms with Gasteiger partial charge in [0.05, 0.1) is 0 Å². The van der Waals surface area contributed by atoms with E-state index in [1.54, 1.807) is 4.90 Å². The minimum absolute atomic E-state index is 0.0147. The Morgan fingerprint density at radius 2 is 1.81 bits per heavy atom. The first-order chi connectivity index (χ1) is 10.1. The number of halogens is 1. The van der Waals surface area contributed by atoms with Crippen LogP contribution in [0.5, 0.6) is 0 Å². The molecule has 0 saturated carbocycles. The zero-order valence-corrected chi connectivity index (χ0v) is 13.1. The van der Waals surface area contributed by atoms with E-state index in [-0.39, 0.29) is 11.8 Å². The van der Waals surface area contributed by atoms with Crippen molar-refractivity contribution >= 4 is 23.4 Å². The van der Waals surface area contributed by atoms with E-state index in [2.05, 4.69) is 0 Å². The third kappa shape index (κ3) is 4.74. The summed E-state index contributed by atoms with van der Waals surface area (Å²) in [6.45, 7) is 4.23. The number of carbonyl (C=O) groups is 2. The Hall–Kier alpha value is -1.55. The molecule has 2 rings (SSSR count). The normalized spacial score (nSPS) is 14.3. The van der Waals surface area contributed by atoms with Gasteiger partial charge >= 0.3 is 0 Å². The highest BCUT2D eigenvalue weighted by atomic mass is 35.5. The van der Waals surface area contributed by atoms with E-state index >= 15 is 0 Å². The number of carbonyl (C=O) groups excluding carboxylic acids is 2. The highest BCUT2D eigenvalue weighted by Gasteiger charge is 2.19. The second kappa shape index (κ2) is 7.46. The molecule has 0 atom stereocenters. The molecular formula is C16H21ClN2O2. The van der Waals surface area contributed by atoms with Crippen molar-refractivity contribution in [3.63, 3.8) is 0 Å². The molecule has 0 radical (unpaired) electrons. The quantitative estimate of drug-likeness (QED) is 0.839. The molecule has 114 valence electrons. The van der Waals surface area contributed by atoms with Gasteiger partial charge in [0.1, 0.15) is 0 Å². The van der Waals surface area contributed by atoms with Gasteiger partial charge in [-0.15, -0.1) is 0 Å². The molecule has 0 spiro atoms. The van der Waals surface area contributed by atoms with Crippen molar-refractivity contribution in [3.05, 3.63) is 34.9 Å². The number of rotatable bonds is 5. The molecule has 0 unspecified atom stereocenters. The summed E-state index contributed by atoms with van der Waals surface area (Å²) in [6, 6.07) is 7.43. The third-order valence-electron chi connectivity index (χ3n) is 3.79. The fraction of sp³-hybridized carbons (Fsp3) is 0.500. The first-order valence-corrected chi connectivity index (χ1v) is 7.72. The SMILES string of the molecule is CC(=O)N(CCC(=O)N1CCCC1)Cc1ccc(Cl)cc1. The second-order valence-electron chi connectivity index (χ2n) is 5.40.